The van der Waals surface area contributed by atoms with Gasteiger partial charge in [-0.3, -0.25) is 4.79 Å². The van der Waals surface area contributed by atoms with Gasteiger partial charge in [-0.05, 0) is 12.8 Å². The van der Waals surface area contributed by atoms with Crippen molar-refractivity contribution in [2.24, 2.45) is 7.05 Å². The first-order valence-electron chi connectivity index (χ1n) is 5.77. The number of carbonyl (C=O) groups excluding carboxylic acids is 1. The molecule has 0 bridgehead atoms. The first-order valence-corrected chi connectivity index (χ1v) is 6.82. The molecule has 1 aromatic rings. The van der Waals surface area contributed by atoms with Crippen molar-refractivity contribution in [3.63, 3.8) is 0 Å². The summed E-state index contributed by atoms with van der Waals surface area (Å²) in [5.41, 5.74) is 0.614. The molecular formula is C11H17N3OS. The van der Waals surface area contributed by atoms with E-state index in [-0.39, 0.29) is 5.78 Å². The lowest BCUT2D eigenvalue weighted by Crippen LogP contribution is -2.14. The Morgan fingerprint density at radius 2 is 2.25 bits per heavy atom. The summed E-state index contributed by atoms with van der Waals surface area (Å²) in [6.45, 7) is 0. The van der Waals surface area contributed by atoms with Gasteiger partial charge >= 0.3 is 0 Å². The summed E-state index contributed by atoms with van der Waals surface area (Å²) in [5, 5.41) is 8.17. The minimum atomic E-state index is 0.142. The van der Waals surface area contributed by atoms with Crippen molar-refractivity contribution in [3.05, 3.63) is 11.9 Å². The lowest BCUT2D eigenvalue weighted by atomic mass is 10.0. The lowest BCUT2D eigenvalue weighted by Gasteiger charge is -2.20. The van der Waals surface area contributed by atoms with Crippen molar-refractivity contribution in [2.45, 2.75) is 37.4 Å². The van der Waals surface area contributed by atoms with Gasteiger partial charge in [0.15, 0.2) is 5.78 Å². The number of hydrogen-bond acceptors (Lipinski definition) is 4. The van der Waals surface area contributed by atoms with Gasteiger partial charge < -0.3 is 0 Å². The van der Waals surface area contributed by atoms with Crippen LogP contribution in [0.4, 0.5) is 0 Å². The number of carbonyl (C=O) groups is 1. The molecule has 0 radical (unpaired) electrons. The van der Waals surface area contributed by atoms with Crippen LogP contribution in [0.2, 0.25) is 0 Å². The molecule has 0 spiro atoms. The molecule has 16 heavy (non-hydrogen) atoms. The van der Waals surface area contributed by atoms with E-state index in [1.807, 2.05) is 0 Å². The van der Waals surface area contributed by atoms with E-state index >= 15 is 0 Å². The summed E-state index contributed by atoms with van der Waals surface area (Å²) in [4.78, 5) is 11.8. The van der Waals surface area contributed by atoms with Crippen LogP contribution in [-0.2, 0) is 7.05 Å². The number of rotatable bonds is 4. The Hall–Kier alpha value is -0.840. The highest BCUT2D eigenvalue weighted by molar-refractivity contribution is 8.00. The van der Waals surface area contributed by atoms with Crippen LogP contribution >= 0.6 is 11.8 Å². The van der Waals surface area contributed by atoms with Crippen LogP contribution in [0.15, 0.2) is 6.20 Å². The van der Waals surface area contributed by atoms with Gasteiger partial charge in [0.25, 0.3) is 0 Å². The minimum Gasteiger partial charge on any atom is -0.291 e. The van der Waals surface area contributed by atoms with Crippen LogP contribution in [-0.4, -0.2) is 31.8 Å². The number of ketones is 1. The Morgan fingerprint density at radius 1 is 1.50 bits per heavy atom. The third-order valence-electron chi connectivity index (χ3n) is 3.00. The highest BCUT2D eigenvalue weighted by Crippen LogP contribution is 2.28. The number of nitrogens with zero attached hydrogens (tertiary/aromatic N) is 3. The highest BCUT2D eigenvalue weighted by Gasteiger charge is 2.17. The van der Waals surface area contributed by atoms with Crippen molar-refractivity contribution in [3.8, 4) is 0 Å². The SMILES string of the molecule is Cn1nncc1C(=O)CSC1CCCCC1. The van der Waals surface area contributed by atoms with Crippen molar-refractivity contribution in [1.82, 2.24) is 15.0 Å². The fourth-order valence-corrected chi connectivity index (χ4v) is 3.24. The molecule has 88 valence electrons. The van der Waals surface area contributed by atoms with E-state index in [0.717, 1.165) is 0 Å². The average molecular weight is 239 g/mol. The van der Waals surface area contributed by atoms with Crippen LogP contribution in [0.25, 0.3) is 0 Å². The summed E-state index contributed by atoms with van der Waals surface area (Å²) >= 11 is 1.79. The molecule has 0 atom stereocenters. The molecule has 5 heteroatoms. The molecule has 0 aromatic carbocycles. The van der Waals surface area contributed by atoms with Crippen LogP contribution in [0.5, 0.6) is 0 Å². The van der Waals surface area contributed by atoms with Crippen molar-refractivity contribution >= 4 is 17.5 Å². The zero-order chi connectivity index (χ0) is 11.4. The van der Waals surface area contributed by atoms with E-state index in [4.69, 9.17) is 0 Å². The topological polar surface area (TPSA) is 47.8 Å². The quantitative estimate of drug-likeness (QED) is 0.755. The van der Waals surface area contributed by atoms with Crippen molar-refractivity contribution in [1.29, 1.82) is 0 Å². The maximum Gasteiger partial charge on any atom is 0.192 e. The van der Waals surface area contributed by atoms with Gasteiger partial charge in [-0.1, -0.05) is 24.5 Å². The molecule has 1 aliphatic rings. The minimum absolute atomic E-state index is 0.142. The molecule has 0 unspecified atom stereocenters. The first-order chi connectivity index (χ1) is 7.77. The highest BCUT2D eigenvalue weighted by atomic mass is 32.2. The predicted octanol–water partition coefficient (Wildman–Crippen LogP) is 2.06. The molecule has 2 rings (SSSR count). The Bertz CT molecular complexity index is 358. The van der Waals surface area contributed by atoms with Gasteiger partial charge in [-0.15, -0.1) is 5.10 Å². The normalized spacial score (nSPS) is 17.6. The fourth-order valence-electron chi connectivity index (χ4n) is 2.04. The Labute approximate surface area is 99.8 Å². The molecule has 0 N–H and O–H groups in total. The number of hydrogen-bond donors (Lipinski definition) is 0. The summed E-state index contributed by atoms with van der Waals surface area (Å²) in [6.07, 6.45) is 8.07. The van der Waals surface area contributed by atoms with E-state index in [0.29, 0.717) is 16.7 Å². The number of Topliss-reactive ketones (excluding diaryl/α,β-unsaturated/α-hetero) is 1. The average Bonchev–Trinajstić information content (AvgIpc) is 2.74. The Balaban J connectivity index is 1.81. The zero-order valence-corrected chi connectivity index (χ0v) is 10.4. The van der Waals surface area contributed by atoms with E-state index in [9.17, 15) is 4.79 Å². The smallest absolute Gasteiger partial charge is 0.192 e. The Morgan fingerprint density at radius 3 is 2.88 bits per heavy atom. The van der Waals surface area contributed by atoms with Crippen LogP contribution in [0, 0.1) is 0 Å². The van der Waals surface area contributed by atoms with Crippen molar-refractivity contribution in [2.75, 3.05) is 5.75 Å². The molecule has 1 fully saturated rings. The molecule has 1 heterocycles. The molecule has 1 saturated carbocycles. The third kappa shape index (κ3) is 2.84. The molecule has 1 aliphatic carbocycles. The molecule has 1 aromatic heterocycles. The van der Waals surface area contributed by atoms with Gasteiger partial charge in [0, 0.05) is 12.3 Å². The van der Waals surface area contributed by atoms with Gasteiger partial charge in [-0.25, -0.2) is 4.68 Å². The maximum atomic E-state index is 11.8. The molecule has 0 saturated heterocycles. The molecule has 4 nitrogen and oxygen atoms in total. The largest absolute Gasteiger partial charge is 0.291 e. The van der Waals surface area contributed by atoms with E-state index in [2.05, 4.69) is 10.3 Å². The van der Waals surface area contributed by atoms with Crippen molar-refractivity contribution < 1.29 is 4.79 Å². The summed E-state index contributed by atoms with van der Waals surface area (Å²) in [7, 11) is 1.76. The second-order valence-electron chi connectivity index (χ2n) is 4.24. The third-order valence-corrected chi connectivity index (χ3v) is 4.37. The zero-order valence-electron chi connectivity index (χ0n) is 9.56. The summed E-state index contributed by atoms with van der Waals surface area (Å²) < 4.78 is 1.55. The van der Waals surface area contributed by atoms with Gasteiger partial charge in [-0.2, -0.15) is 11.8 Å². The fraction of sp³-hybridized carbons (Fsp3) is 0.727. The predicted molar refractivity (Wildman–Crippen MR) is 64.7 cm³/mol. The number of aryl methyl sites for hydroxylation is 1. The van der Waals surface area contributed by atoms with E-state index in [1.54, 1.807) is 29.7 Å². The first kappa shape index (κ1) is 11.6. The van der Waals surface area contributed by atoms with Crippen LogP contribution < -0.4 is 0 Å². The Kier molecular flexibility index (Phi) is 3.98. The summed E-state index contributed by atoms with van der Waals surface area (Å²) in [5.74, 6) is 0.703. The molecule has 0 aliphatic heterocycles. The molecule has 0 amide bonds. The second-order valence-corrected chi connectivity index (χ2v) is 5.53. The van der Waals surface area contributed by atoms with Crippen LogP contribution in [0.3, 0.4) is 0 Å². The van der Waals surface area contributed by atoms with Gasteiger partial charge in [0.2, 0.25) is 0 Å². The number of thioether (sulfide) groups is 1. The molecular weight excluding hydrogens is 222 g/mol. The van der Waals surface area contributed by atoms with Gasteiger partial charge in [0.1, 0.15) is 5.69 Å². The van der Waals surface area contributed by atoms with E-state index < -0.39 is 0 Å². The van der Waals surface area contributed by atoms with Crippen LogP contribution in [0.1, 0.15) is 42.6 Å². The monoisotopic (exact) mass is 239 g/mol. The maximum absolute atomic E-state index is 11.8. The van der Waals surface area contributed by atoms with E-state index in [1.165, 1.54) is 32.1 Å². The van der Waals surface area contributed by atoms with Gasteiger partial charge in [0.05, 0.1) is 11.9 Å². The lowest BCUT2D eigenvalue weighted by molar-refractivity contribution is 0.101. The summed E-state index contributed by atoms with van der Waals surface area (Å²) in [6, 6.07) is 0. The number of aromatic nitrogens is 3. The second kappa shape index (κ2) is 5.48. The standard InChI is InChI=1S/C11H17N3OS/c1-14-10(7-12-13-14)11(15)8-16-9-5-3-2-4-6-9/h7,9H,2-6,8H2,1H3.